The molecule has 0 bridgehead atoms. The molecule has 0 radical (unpaired) electrons. The van der Waals surface area contributed by atoms with Crippen LogP contribution in [0.5, 0.6) is 0 Å². The SMILES string of the molecule is O=C(CSCc1ccccc1)N1CCc2sccc2[C@H]1c1cccs1. The van der Waals surface area contributed by atoms with Crippen LogP contribution >= 0.6 is 34.4 Å². The average Bonchev–Trinajstić information content (AvgIpc) is 3.33. The van der Waals surface area contributed by atoms with E-state index >= 15 is 0 Å². The quantitative estimate of drug-likeness (QED) is 0.600. The van der Waals surface area contributed by atoms with Crippen molar-refractivity contribution in [2.45, 2.75) is 18.2 Å². The third kappa shape index (κ3) is 3.68. The molecule has 0 spiro atoms. The van der Waals surface area contributed by atoms with E-state index in [9.17, 15) is 4.79 Å². The van der Waals surface area contributed by atoms with Crippen LogP contribution in [0.2, 0.25) is 0 Å². The molecule has 0 saturated carbocycles. The number of carbonyl (C=O) groups excluding carboxylic acids is 1. The van der Waals surface area contributed by atoms with Gasteiger partial charge in [-0.2, -0.15) is 0 Å². The van der Waals surface area contributed by atoms with Gasteiger partial charge in [-0.3, -0.25) is 4.79 Å². The Morgan fingerprint density at radius 2 is 1.96 bits per heavy atom. The van der Waals surface area contributed by atoms with Crippen molar-refractivity contribution in [3.8, 4) is 0 Å². The Balaban J connectivity index is 1.47. The fourth-order valence-corrected chi connectivity index (χ4v) is 5.88. The molecule has 0 aliphatic carbocycles. The second kappa shape index (κ2) is 7.77. The summed E-state index contributed by atoms with van der Waals surface area (Å²) in [6.45, 7) is 0.820. The molecule has 128 valence electrons. The van der Waals surface area contributed by atoms with Gasteiger partial charge in [0.05, 0.1) is 11.8 Å². The lowest BCUT2D eigenvalue weighted by atomic mass is 9.98. The number of hydrogen-bond donors (Lipinski definition) is 0. The fourth-order valence-electron chi connectivity index (χ4n) is 3.25. The predicted octanol–water partition coefficient (Wildman–Crippen LogP) is 5.22. The molecule has 25 heavy (non-hydrogen) atoms. The smallest absolute Gasteiger partial charge is 0.233 e. The molecule has 1 aromatic carbocycles. The molecule has 2 nitrogen and oxygen atoms in total. The van der Waals surface area contributed by atoms with Gasteiger partial charge in [0.25, 0.3) is 0 Å². The lowest BCUT2D eigenvalue weighted by Crippen LogP contribution is -2.40. The summed E-state index contributed by atoms with van der Waals surface area (Å²) in [5.74, 6) is 1.67. The summed E-state index contributed by atoms with van der Waals surface area (Å²) in [7, 11) is 0. The zero-order valence-corrected chi connectivity index (χ0v) is 16.2. The van der Waals surface area contributed by atoms with Crippen molar-refractivity contribution in [1.82, 2.24) is 4.90 Å². The summed E-state index contributed by atoms with van der Waals surface area (Å²) >= 11 is 5.26. The average molecular weight is 386 g/mol. The van der Waals surface area contributed by atoms with E-state index in [1.54, 1.807) is 23.1 Å². The van der Waals surface area contributed by atoms with Gasteiger partial charge in [-0.05, 0) is 40.4 Å². The first-order valence-electron chi connectivity index (χ1n) is 8.34. The first-order chi connectivity index (χ1) is 12.3. The van der Waals surface area contributed by atoms with Crippen LogP contribution in [-0.4, -0.2) is 23.1 Å². The van der Waals surface area contributed by atoms with Crippen LogP contribution < -0.4 is 0 Å². The Hall–Kier alpha value is -1.56. The number of thioether (sulfide) groups is 1. The summed E-state index contributed by atoms with van der Waals surface area (Å²) in [5, 5.41) is 4.26. The van der Waals surface area contributed by atoms with Crippen molar-refractivity contribution < 1.29 is 4.79 Å². The summed E-state index contributed by atoms with van der Waals surface area (Å²) in [6.07, 6.45) is 0.976. The number of benzene rings is 1. The molecule has 1 aliphatic rings. The number of fused-ring (bicyclic) bond motifs is 1. The molecule has 1 amide bonds. The minimum atomic E-state index is 0.0971. The van der Waals surface area contributed by atoms with E-state index in [2.05, 4.69) is 46.0 Å². The van der Waals surface area contributed by atoms with Gasteiger partial charge in [-0.15, -0.1) is 34.4 Å². The highest BCUT2D eigenvalue weighted by molar-refractivity contribution is 7.99. The van der Waals surface area contributed by atoms with E-state index < -0.39 is 0 Å². The molecule has 3 heterocycles. The van der Waals surface area contributed by atoms with Crippen LogP contribution in [0.15, 0.2) is 59.3 Å². The Kier molecular flexibility index (Phi) is 5.25. The number of hydrogen-bond acceptors (Lipinski definition) is 4. The largest absolute Gasteiger partial charge is 0.330 e. The van der Waals surface area contributed by atoms with Crippen LogP contribution in [0.1, 0.15) is 26.9 Å². The Morgan fingerprint density at radius 3 is 2.76 bits per heavy atom. The van der Waals surface area contributed by atoms with E-state index in [1.807, 2.05) is 29.5 Å². The van der Waals surface area contributed by atoms with Crippen molar-refractivity contribution in [3.05, 3.63) is 80.2 Å². The zero-order chi connectivity index (χ0) is 17.1. The van der Waals surface area contributed by atoms with Crippen molar-refractivity contribution in [1.29, 1.82) is 0 Å². The van der Waals surface area contributed by atoms with Gasteiger partial charge in [0.2, 0.25) is 5.91 Å². The highest BCUT2D eigenvalue weighted by atomic mass is 32.2. The Bertz CT molecular complexity index is 826. The van der Waals surface area contributed by atoms with Crippen LogP contribution in [0.3, 0.4) is 0 Å². The topological polar surface area (TPSA) is 20.3 Å². The van der Waals surface area contributed by atoms with Gasteiger partial charge < -0.3 is 4.90 Å². The highest BCUT2D eigenvalue weighted by Crippen LogP contribution is 2.39. The van der Waals surface area contributed by atoms with Crippen LogP contribution in [0.25, 0.3) is 0 Å². The van der Waals surface area contributed by atoms with Crippen molar-refractivity contribution in [2.24, 2.45) is 0 Å². The maximum absolute atomic E-state index is 12.9. The van der Waals surface area contributed by atoms with Gasteiger partial charge in [0.1, 0.15) is 0 Å². The maximum Gasteiger partial charge on any atom is 0.233 e. The first-order valence-corrected chi connectivity index (χ1v) is 11.2. The highest BCUT2D eigenvalue weighted by Gasteiger charge is 2.33. The lowest BCUT2D eigenvalue weighted by molar-refractivity contribution is -0.130. The Morgan fingerprint density at radius 1 is 1.08 bits per heavy atom. The molecular formula is C20H19NOS3. The van der Waals surface area contributed by atoms with Gasteiger partial charge >= 0.3 is 0 Å². The lowest BCUT2D eigenvalue weighted by Gasteiger charge is -2.35. The molecule has 0 unspecified atom stereocenters. The minimum Gasteiger partial charge on any atom is -0.330 e. The molecule has 0 N–H and O–H groups in total. The normalized spacial score (nSPS) is 16.6. The van der Waals surface area contributed by atoms with Crippen LogP contribution in [0, 0.1) is 0 Å². The van der Waals surface area contributed by atoms with Crippen molar-refractivity contribution >= 4 is 40.3 Å². The number of rotatable bonds is 5. The van der Waals surface area contributed by atoms with Crippen LogP contribution in [0.4, 0.5) is 0 Å². The van der Waals surface area contributed by atoms with Crippen molar-refractivity contribution in [3.63, 3.8) is 0 Å². The molecule has 2 aromatic heterocycles. The van der Waals surface area contributed by atoms with E-state index in [4.69, 9.17) is 0 Å². The fraction of sp³-hybridized carbons (Fsp3) is 0.250. The summed E-state index contributed by atoms with van der Waals surface area (Å²) in [4.78, 5) is 17.7. The van der Waals surface area contributed by atoms with Gasteiger partial charge in [-0.25, -0.2) is 0 Å². The van der Waals surface area contributed by atoms with E-state index in [1.165, 1.54) is 20.9 Å². The van der Waals surface area contributed by atoms with Gasteiger partial charge in [-0.1, -0.05) is 36.4 Å². The molecular weight excluding hydrogens is 366 g/mol. The number of nitrogens with zero attached hydrogens (tertiary/aromatic N) is 1. The third-order valence-electron chi connectivity index (χ3n) is 4.44. The standard InChI is InChI=1S/C20H19NOS3/c22-19(14-23-13-15-5-2-1-3-6-15)21-10-8-17-16(9-12-25-17)20(21)18-7-4-11-24-18/h1-7,9,11-12,20H,8,10,13-14H2/t20-/m0/s1. The second-order valence-corrected chi connectivity index (χ2v) is 9.00. The van der Waals surface area contributed by atoms with Gasteiger partial charge in [0, 0.05) is 22.1 Å². The van der Waals surface area contributed by atoms with Gasteiger partial charge in [0.15, 0.2) is 0 Å². The third-order valence-corrected chi connectivity index (χ3v) is 7.35. The summed E-state index contributed by atoms with van der Waals surface area (Å²) in [5.41, 5.74) is 2.59. The molecule has 4 rings (SSSR count). The monoisotopic (exact) mass is 385 g/mol. The Labute approximate surface area is 160 Å². The molecule has 0 saturated heterocycles. The van der Waals surface area contributed by atoms with E-state index in [0.717, 1.165) is 18.7 Å². The number of amides is 1. The molecule has 1 atom stereocenters. The first kappa shape index (κ1) is 16.9. The number of carbonyl (C=O) groups is 1. The molecule has 1 aliphatic heterocycles. The minimum absolute atomic E-state index is 0.0971. The maximum atomic E-state index is 12.9. The summed E-state index contributed by atoms with van der Waals surface area (Å²) in [6, 6.07) is 16.9. The summed E-state index contributed by atoms with van der Waals surface area (Å²) < 4.78 is 0. The van der Waals surface area contributed by atoms with E-state index in [0.29, 0.717) is 5.75 Å². The second-order valence-electron chi connectivity index (χ2n) is 6.03. The van der Waals surface area contributed by atoms with Crippen molar-refractivity contribution in [2.75, 3.05) is 12.3 Å². The molecule has 5 heteroatoms. The molecule has 0 fully saturated rings. The zero-order valence-electron chi connectivity index (χ0n) is 13.8. The predicted molar refractivity (Wildman–Crippen MR) is 109 cm³/mol. The number of thiophene rings is 2. The van der Waals surface area contributed by atoms with E-state index in [-0.39, 0.29) is 11.9 Å². The van der Waals surface area contributed by atoms with Crippen LogP contribution in [-0.2, 0) is 17.0 Å². The molecule has 3 aromatic rings.